The van der Waals surface area contributed by atoms with Gasteiger partial charge in [0, 0.05) is 36.0 Å². The molecule has 1 fully saturated rings. The fourth-order valence-corrected chi connectivity index (χ4v) is 3.30. The first kappa shape index (κ1) is 19.5. The number of nitrogens with one attached hydrogen (secondary N) is 1. The first-order chi connectivity index (χ1) is 12.7. The summed E-state index contributed by atoms with van der Waals surface area (Å²) in [5.74, 6) is -1.12. The van der Waals surface area contributed by atoms with Crippen molar-refractivity contribution in [2.45, 2.75) is 32.0 Å². The summed E-state index contributed by atoms with van der Waals surface area (Å²) in [6, 6.07) is 3.01. The molecule has 0 bridgehead atoms. The van der Waals surface area contributed by atoms with Crippen molar-refractivity contribution >= 4 is 5.95 Å². The highest BCUT2D eigenvalue weighted by molar-refractivity contribution is 5.66. The number of aryl methyl sites for hydroxylation is 1. The van der Waals surface area contributed by atoms with Gasteiger partial charge in [0.2, 0.25) is 5.95 Å². The summed E-state index contributed by atoms with van der Waals surface area (Å²) < 4.78 is 64.9. The van der Waals surface area contributed by atoms with Gasteiger partial charge in [0.05, 0.1) is 12.2 Å². The zero-order valence-corrected chi connectivity index (χ0v) is 14.7. The van der Waals surface area contributed by atoms with E-state index in [0.29, 0.717) is 37.2 Å². The van der Waals surface area contributed by atoms with Crippen LogP contribution in [0, 0.1) is 18.6 Å². The van der Waals surface area contributed by atoms with Crippen LogP contribution in [-0.4, -0.2) is 46.7 Å². The lowest BCUT2D eigenvalue weighted by molar-refractivity contribution is -0.147. The van der Waals surface area contributed by atoms with E-state index in [0.717, 1.165) is 12.1 Å². The Hall–Kier alpha value is -2.29. The molecule has 0 spiro atoms. The third-order valence-corrected chi connectivity index (χ3v) is 4.58. The molecule has 9 heteroatoms. The molecule has 0 unspecified atom stereocenters. The van der Waals surface area contributed by atoms with Crippen LogP contribution in [0.4, 0.5) is 27.9 Å². The van der Waals surface area contributed by atoms with E-state index < -0.39 is 24.4 Å². The third-order valence-electron chi connectivity index (χ3n) is 4.58. The van der Waals surface area contributed by atoms with E-state index in [4.69, 9.17) is 0 Å². The van der Waals surface area contributed by atoms with Crippen LogP contribution in [0.15, 0.2) is 24.4 Å². The molecule has 2 aromatic rings. The van der Waals surface area contributed by atoms with Gasteiger partial charge in [0.25, 0.3) is 0 Å². The van der Waals surface area contributed by atoms with Crippen molar-refractivity contribution in [1.82, 2.24) is 14.9 Å². The molecule has 0 saturated carbocycles. The minimum atomic E-state index is -4.23. The van der Waals surface area contributed by atoms with E-state index in [9.17, 15) is 22.0 Å². The first-order valence-electron chi connectivity index (χ1n) is 8.56. The van der Waals surface area contributed by atoms with Crippen LogP contribution in [0.2, 0.25) is 0 Å². The molecule has 1 atom stereocenters. The summed E-state index contributed by atoms with van der Waals surface area (Å²) in [4.78, 5) is 9.77. The molecule has 1 aromatic heterocycles. The van der Waals surface area contributed by atoms with Crippen LogP contribution >= 0.6 is 0 Å². The highest BCUT2D eigenvalue weighted by atomic mass is 19.4. The summed E-state index contributed by atoms with van der Waals surface area (Å²) in [5, 5.41) is 2.96. The molecule has 1 aliphatic rings. The van der Waals surface area contributed by atoms with Gasteiger partial charge < -0.3 is 5.32 Å². The Bertz CT molecular complexity index is 809. The SMILES string of the molecule is Cc1nc(NC[C@@H]2CCCN2CC(F)(F)F)ncc1-c1ccc(F)cc1F. The lowest BCUT2D eigenvalue weighted by atomic mass is 10.1. The van der Waals surface area contributed by atoms with Gasteiger partial charge in [-0.2, -0.15) is 13.2 Å². The predicted molar refractivity (Wildman–Crippen MR) is 91.3 cm³/mol. The molecule has 146 valence electrons. The molecule has 1 aliphatic heterocycles. The van der Waals surface area contributed by atoms with Crippen molar-refractivity contribution < 1.29 is 22.0 Å². The second kappa shape index (κ2) is 7.75. The zero-order valence-electron chi connectivity index (χ0n) is 14.7. The number of halogens is 5. The quantitative estimate of drug-likeness (QED) is 0.784. The van der Waals surface area contributed by atoms with Gasteiger partial charge in [-0.05, 0) is 38.4 Å². The van der Waals surface area contributed by atoms with Gasteiger partial charge in [-0.15, -0.1) is 0 Å². The molecule has 0 amide bonds. The normalized spacial score (nSPS) is 18.1. The van der Waals surface area contributed by atoms with Crippen LogP contribution in [-0.2, 0) is 0 Å². The van der Waals surface area contributed by atoms with Crippen LogP contribution in [0.1, 0.15) is 18.5 Å². The van der Waals surface area contributed by atoms with Crippen LogP contribution in [0.25, 0.3) is 11.1 Å². The highest BCUT2D eigenvalue weighted by Gasteiger charge is 2.35. The summed E-state index contributed by atoms with van der Waals surface area (Å²) in [5.41, 5.74) is 1.10. The van der Waals surface area contributed by atoms with E-state index in [1.807, 2.05) is 0 Å². The lowest BCUT2D eigenvalue weighted by Crippen LogP contribution is -2.41. The minimum Gasteiger partial charge on any atom is -0.353 e. The Kier molecular flexibility index (Phi) is 5.59. The van der Waals surface area contributed by atoms with Gasteiger partial charge in [0.1, 0.15) is 11.6 Å². The van der Waals surface area contributed by atoms with Crippen molar-refractivity contribution in [3.8, 4) is 11.1 Å². The third kappa shape index (κ3) is 4.91. The number of benzene rings is 1. The van der Waals surface area contributed by atoms with Crippen molar-refractivity contribution in [3.63, 3.8) is 0 Å². The number of aromatic nitrogens is 2. The van der Waals surface area contributed by atoms with Gasteiger partial charge in [-0.3, -0.25) is 4.90 Å². The maximum absolute atomic E-state index is 13.9. The second-order valence-corrected chi connectivity index (χ2v) is 6.58. The number of nitrogens with zero attached hydrogens (tertiary/aromatic N) is 3. The monoisotopic (exact) mass is 386 g/mol. The Morgan fingerprint density at radius 2 is 2.00 bits per heavy atom. The summed E-state index contributed by atoms with van der Waals surface area (Å²) in [6.07, 6.45) is -1.42. The molecule has 0 aliphatic carbocycles. The standard InChI is InChI=1S/C18H19F5N4/c1-11-15(14-5-4-12(19)7-16(14)20)9-25-17(26-11)24-8-13-3-2-6-27(13)10-18(21,22)23/h4-5,7,9,13H,2-3,6,8,10H2,1H3,(H,24,25,26)/t13-/m0/s1. The zero-order chi connectivity index (χ0) is 19.6. The molecule has 27 heavy (non-hydrogen) atoms. The molecule has 1 N–H and O–H groups in total. The molecule has 2 heterocycles. The lowest BCUT2D eigenvalue weighted by Gasteiger charge is -2.25. The molecule has 4 nitrogen and oxygen atoms in total. The largest absolute Gasteiger partial charge is 0.401 e. The first-order valence-corrected chi connectivity index (χ1v) is 8.56. The fraction of sp³-hybridized carbons (Fsp3) is 0.444. The second-order valence-electron chi connectivity index (χ2n) is 6.58. The number of rotatable bonds is 5. The molecule has 1 aromatic carbocycles. The van der Waals surface area contributed by atoms with E-state index in [2.05, 4.69) is 15.3 Å². The number of hydrogen-bond donors (Lipinski definition) is 1. The Morgan fingerprint density at radius 3 is 2.67 bits per heavy atom. The summed E-state index contributed by atoms with van der Waals surface area (Å²) in [7, 11) is 0. The minimum absolute atomic E-state index is 0.188. The average molecular weight is 386 g/mol. The number of hydrogen-bond acceptors (Lipinski definition) is 4. The summed E-state index contributed by atoms with van der Waals surface area (Å²) >= 11 is 0. The molecule has 3 rings (SSSR count). The van der Waals surface area contributed by atoms with Crippen molar-refractivity contribution in [2.24, 2.45) is 0 Å². The van der Waals surface area contributed by atoms with E-state index in [1.165, 1.54) is 17.2 Å². The Morgan fingerprint density at radius 1 is 1.22 bits per heavy atom. The predicted octanol–water partition coefficient (Wildman–Crippen LogP) is 4.17. The van der Waals surface area contributed by atoms with Crippen molar-refractivity contribution in [2.75, 3.05) is 25.0 Å². The van der Waals surface area contributed by atoms with E-state index in [1.54, 1.807) is 6.92 Å². The van der Waals surface area contributed by atoms with Gasteiger partial charge in [-0.25, -0.2) is 18.7 Å². The topological polar surface area (TPSA) is 41.1 Å². The van der Waals surface area contributed by atoms with Crippen LogP contribution in [0.5, 0.6) is 0 Å². The fourth-order valence-electron chi connectivity index (χ4n) is 3.30. The van der Waals surface area contributed by atoms with Gasteiger partial charge >= 0.3 is 6.18 Å². The maximum Gasteiger partial charge on any atom is 0.401 e. The smallest absolute Gasteiger partial charge is 0.353 e. The number of likely N-dealkylation sites (tertiary alicyclic amines) is 1. The van der Waals surface area contributed by atoms with E-state index >= 15 is 0 Å². The van der Waals surface area contributed by atoms with Gasteiger partial charge in [0.15, 0.2) is 0 Å². The van der Waals surface area contributed by atoms with Crippen molar-refractivity contribution in [3.05, 3.63) is 41.7 Å². The molecule has 0 radical (unpaired) electrons. The number of alkyl halides is 3. The average Bonchev–Trinajstić information content (AvgIpc) is 2.99. The Labute approximate surface area is 153 Å². The maximum atomic E-state index is 13.9. The summed E-state index contributed by atoms with van der Waals surface area (Å²) in [6.45, 7) is 1.44. The van der Waals surface area contributed by atoms with Crippen LogP contribution in [0.3, 0.4) is 0 Å². The van der Waals surface area contributed by atoms with Crippen LogP contribution < -0.4 is 5.32 Å². The van der Waals surface area contributed by atoms with Crippen molar-refractivity contribution in [1.29, 1.82) is 0 Å². The van der Waals surface area contributed by atoms with Gasteiger partial charge in [-0.1, -0.05) is 0 Å². The molecular formula is C18H19F5N4. The van der Waals surface area contributed by atoms with E-state index in [-0.39, 0.29) is 17.6 Å². The highest BCUT2D eigenvalue weighted by Crippen LogP contribution is 2.27. The Balaban J connectivity index is 1.67. The molecular weight excluding hydrogens is 367 g/mol. The number of anilines is 1. The molecule has 1 saturated heterocycles.